The second-order valence-electron chi connectivity index (χ2n) is 4.59. The fourth-order valence-electron chi connectivity index (χ4n) is 2.08. The van der Waals surface area contributed by atoms with Gasteiger partial charge in [-0.2, -0.15) is 0 Å². The molecule has 0 aromatic heterocycles. The largest absolute Gasteiger partial charge is 0.389 e. The molecule has 0 bridgehead atoms. The zero-order chi connectivity index (χ0) is 14.9. The van der Waals surface area contributed by atoms with E-state index in [0.29, 0.717) is 4.99 Å². The third-order valence-electron chi connectivity index (χ3n) is 3.00. The van der Waals surface area contributed by atoms with Crippen molar-refractivity contribution in [2.24, 2.45) is 5.73 Å². The lowest BCUT2D eigenvalue weighted by Gasteiger charge is -2.16. The van der Waals surface area contributed by atoms with Gasteiger partial charge in [0.2, 0.25) is 0 Å². The molecule has 0 unspecified atom stereocenters. The van der Waals surface area contributed by atoms with Crippen LogP contribution in [0, 0.1) is 13.8 Å². The minimum atomic E-state index is 0.382. The normalized spacial score (nSPS) is 10.4. The SMILES string of the molecule is Cc1cc(Br)cc(C)c1Nc1cc(Br)ccc1C(N)=S. The molecule has 3 N–H and O–H groups in total. The molecule has 2 aromatic rings. The molecule has 0 saturated carbocycles. The Labute approximate surface area is 141 Å². The molecule has 0 fully saturated rings. The summed E-state index contributed by atoms with van der Waals surface area (Å²) in [6.07, 6.45) is 0. The number of anilines is 2. The third-order valence-corrected chi connectivity index (χ3v) is 4.18. The minimum absolute atomic E-state index is 0.382. The van der Waals surface area contributed by atoms with E-state index in [1.54, 1.807) is 0 Å². The molecule has 0 saturated heterocycles. The lowest BCUT2D eigenvalue weighted by Crippen LogP contribution is -2.12. The van der Waals surface area contributed by atoms with Crippen LogP contribution in [0.15, 0.2) is 39.3 Å². The quantitative estimate of drug-likeness (QED) is 0.678. The van der Waals surface area contributed by atoms with E-state index in [9.17, 15) is 0 Å². The van der Waals surface area contributed by atoms with Gasteiger partial charge in [0.15, 0.2) is 0 Å². The molecule has 0 amide bonds. The fourth-order valence-corrected chi connectivity index (χ4v) is 3.30. The summed E-state index contributed by atoms with van der Waals surface area (Å²) in [5.74, 6) is 0. The molecule has 0 aliphatic rings. The van der Waals surface area contributed by atoms with E-state index in [2.05, 4.69) is 63.2 Å². The molecule has 0 aliphatic carbocycles. The number of nitrogens with one attached hydrogen (secondary N) is 1. The number of hydrogen-bond acceptors (Lipinski definition) is 2. The Morgan fingerprint density at radius 2 is 1.65 bits per heavy atom. The first-order valence-electron chi connectivity index (χ1n) is 6.01. The maximum absolute atomic E-state index is 5.79. The number of halogens is 2. The van der Waals surface area contributed by atoms with Gasteiger partial charge in [-0.05, 0) is 55.3 Å². The highest BCUT2D eigenvalue weighted by Gasteiger charge is 2.10. The zero-order valence-electron chi connectivity index (χ0n) is 11.1. The van der Waals surface area contributed by atoms with Crippen molar-refractivity contribution >= 4 is 60.4 Å². The van der Waals surface area contributed by atoms with Crippen LogP contribution in [-0.4, -0.2) is 4.99 Å². The maximum atomic E-state index is 5.79. The van der Waals surface area contributed by atoms with Crippen molar-refractivity contribution in [3.8, 4) is 0 Å². The fraction of sp³-hybridized carbons (Fsp3) is 0.133. The Morgan fingerprint density at radius 3 is 2.20 bits per heavy atom. The molecule has 2 nitrogen and oxygen atoms in total. The van der Waals surface area contributed by atoms with Gasteiger partial charge >= 0.3 is 0 Å². The van der Waals surface area contributed by atoms with E-state index < -0.39 is 0 Å². The van der Waals surface area contributed by atoms with Crippen molar-refractivity contribution in [3.63, 3.8) is 0 Å². The van der Waals surface area contributed by atoms with Gasteiger partial charge in [0.05, 0.1) is 0 Å². The average Bonchev–Trinajstić information content (AvgIpc) is 2.33. The summed E-state index contributed by atoms with van der Waals surface area (Å²) in [5, 5.41) is 3.44. The first-order chi connectivity index (χ1) is 9.38. The van der Waals surface area contributed by atoms with Crippen LogP contribution in [0.1, 0.15) is 16.7 Å². The summed E-state index contributed by atoms with van der Waals surface area (Å²) < 4.78 is 2.05. The Hall–Kier alpha value is -0.910. The van der Waals surface area contributed by atoms with E-state index in [0.717, 1.165) is 37.0 Å². The third kappa shape index (κ3) is 3.40. The standard InChI is InChI=1S/C15H14Br2N2S/c1-8-5-11(17)6-9(2)14(8)19-13-7-10(16)3-4-12(13)15(18)20/h3-7,19H,1-2H3,(H2,18,20). The van der Waals surface area contributed by atoms with E-state index in [1.165, 1.54) is 0 Å². The van der Waals surface area contributed by atoms with Gasteiger partial charge in [0.25, 0.3) is 0 Å². The van der Waals surface area contributed by atoms with Crippen molar-refractivity contribution in [2.45, 2.75) is 13.8 Å². The number of thiocarbonyl (C=S) groups is 1. The summed E-state index contributed by atoms with van der Waals surface area (Å²) >= 11 is 12.1. The number of benzene rings is 2. The molecule has 2 rings (SSSR count). The second kappa shape index (κ2) is 6.24. The van der Waals surface area contributed by atoms with E-state index in [-0.39, 0.29) is 0 Å². The van der Waals surface area contributed by atoms with Gasteiger partial charge in [-0.1, -0.05) is 44.1 Å². The molecule has 20 heavy (non-hydrogen) atoms. The van der Waals surface area contributed by atoms with Crippen molar-refractivity contribution in [2.75, 3.05) is 5.32 Å². The topological polar surface area (TPSA) is 38.0 Å². The molecular formula is C15H14Br2N2S. The second-order valence-corrected chi connectivity index (χ2v) is 6.86. The Balaban J connectivity index is 2.50. The lowest BCUT2D eigenvalue weighted by atomic mass is 10.1. The predicted octanol–water partition coefficient (Wildman–Crippen LogP) is 5.21. The van der Waals surface area contributed by atoms with Crippen molar-refractivity contribution in [3.05, 3.63) is 56.0 Å². The lowest BCUT2D eigenvalue weighted by molar-refractivity contribution is 1.34. The van der Waals surface area contributed by atoms with Crippen LogP contribution in [0.2, 0.25) is 0 Å². The number of rotatable bonds is 3. The summed E-state index contributed by atoms with van der Waals surface area (Å²) in [4.78, 5) is 0.382. The minimum Gasteiger partial charge on any atom is -0.389 e. The first kappa shape index (κ1) is 15.5. The molecule has 0 atom stereocenters. The molecule has 0 aliphatic heterocycles. The molecule has 104 valence electrons. The van der Waals surface area contributed by atoms with Crippen LogP contribution in [0.4, 0.5) is 11.4 Å². The van der Waals surface area contributed by atoms with Crippen molar-refractivity contribution in [1.82, 2.24) is 0 Å². The van der Waals surface area contributed by atoms with E-state index in [1.807, 2.05) is 18.2 Å². The summed E-state index contributed by atoms with van der Waals surface area (Å²) in [5.41, 5.74) is 10.9. The van der Waals surface area contributed by atoms with Crippen LogP contribution < -0.4 is 11.1 Å². The highest BCUT2D eigenvalue weighted by Crippen LogP contribution is 2.31. The van der Waals surface area contributed by atoms with Crippen LogP contribution in [0.3, 0.4) is 0 Å². The van der Waals surface area contributed by atoms with Crippen LogP contribution >= 0.6 is 44.1 Å². The zero-order valence-corrected chi connectivity index (χ0v) is 15.1. The predicted molar refractivity (Wildman–Crippen MR) is 96.9 cm³/mol. The van der Waals surface area contributed by atoms with Crippen molar-refractivity contribution in [1.29, 1.82) is 0 Å². The van der Waals surface area contributed by atoms with Gasteiger partial charge in [-0.25, -0.2) is 0 Å². The molecular weight excluding hydrogens is 400 g/mol. The van der Waals surface area contributed by atoms with Gasteiger partial charge in [0.1, 0.15) is 4.99 Å². The summed E-state index contributed by atoms with van der Waals surface area (Å²) in [6, 6.07) is 9.98. The van der Waals surface area contributed by atoms with E-state index in [4.69, 9.17) is 18.0 Å². The molecule has 0 heterocycles. The average molecular weight is 414 g/mol. The van der Waals surface area contributed by atoms with Gasteiger partial charge in [0, 0.05) is 25.9 Å². The van der Waals surface area contributed by atoms with Crippen LogP contribution in [0.5, 0.6) is 0 Å². The number of nitrogens with two attached hydrogens (primary N) is 1. The van der Waals surface area contributed by atoms with Crippen LogP contribution in [0.25, 0.3) is 0 Å². The van der Waals surface area contributed by atoms with E-state index >= 15 is 0 Å². The number of aryl methyl sites for hydroxylation is 2. The molecule has 5 heteroatoms. The molecule has 0 spiro atoms. The highest BCUT2D eigenvalue weighted by molar-refractivity contribution is 9.10. The summed E-state index contributed by atoms with van der Waals surface area (Å²) in [7, 11) is 0. The Kier molecular flexibility index (Phi) is 4.83. The Morgan fingerprint density at radius 1 is 1.05 bits per heavy atom. The highest BCUT2D eigenvalue weighted by atomic mass is 79.9. The number of hydrogen-bond donors (Lipinski definition) is 2. The van der Waals surface area contributed by atoms with Crippen molar-refractivity contribution < 1.29 is 0 Å². The van der Waals surface area contributed by atoms with Gasteiger partial charge in [-0.15, -0.1) is 0 Å². The first-order valence-corrected chi connectivity index (χ1v) is 8.01. The molecule has 2 aromatic carbocycles. The molecule has 0 radical (unpaired) electrons. The smallest absolute Gasteiger partial charge is 0.106 e. The van der Waals surface area contributed by atoms with Gasteiger partial charge < -0.3 is 11.1 Å². The Bertz CT molecular complexity index is 661. The van der Waals surface area contributed by atoms with Crippen LogP contribution in [-0.2, 0) is 0 Å². The maximum Gasteiger partial charge on any atom is 0.106 e. The monoisotopic (exact) mass is 412 g/mol. The summed E-state index contributed by atoms with van der Waals surface area (Å²) in [6.45, 7) is 4.14. The van der Waals surface area contributed by atoms with Gasteiger partial charge in [-0.3, -0.25) is 0 Å².